The monoisotopic (exact) mass is 368 g/mol. The molecule has 0 radical (unpaired) electrons. The molecule has 0 saturated heterocycles. The first-order chi connectivity index (χ1) is 12.8. The summed E-state index contributed by atoms with van der Waals surface area (Å²) in [5.41, 5.74) is 1.47. The van der Waals surface area contributed by atoms with Gasteiger partial charge in [-0.15, -0.1) is 0 Å². The van der Waals surface area contributed by atoms with Crippen molar-refractivity contribution in [1.82, 2.24) is 0 Å². The van der Waals surface area contributed by atoms with E-state index in [0.717, 1.165) is 11.1 Å². The molecule has 0 aliphatic rings. The molecule has 2 rings (SSSR count). The third-order valence-electron chi connectivity index (χ3n) is 4.01. The van der Waals surface area contributed by atoms with E-state index in [-0.39, 0.29) is 25.0 Å². The molecule has 0 spiro atoms. The molecule has 0 aliphatic carbocycles. The van der Waals surface area contributed by atoms with Gasteiger partial charge in [-0.25, -0.2) is 0 Å². The first-order valence-electron chi connectivity index (χ1n) is 9.30. The fourth-order valence-corrected chi connectivity index (χ4v) is 2.72. The first-order valence-corrected chi connectivity index (χ1v) is 9.30. The lowest BCUT2D eigenvalue weighted by atomic mass is 9.96. The van der Waals surface area contributed by atoms with Crippen molar-refractivity contribution in [3.63, 3.8) is 0 Å². The minimum absolute atomic E-state index is 0.0255. The number of hydrogen-bond donors (Lipinski definition) is 0. The van der Waals surface area contributed by atoms with Gasteiger partial charge in [-0.2, -0.15) is 0 Å². The molecule has 0 aromatic heterocycles. The molecule has 0 heterocycles. The number of carbonyl (C=O) groups excluding carboxylic acids is 2. The number of benzene rings is 2. The van der Waals surface area contributed by atoms with Gasteiger partial charge in [0.05, 0.1) is 12.3 Å². The molecule has 0 amide bonds. The second-order valence-corrected chi connectivity index (χ2v) is 7.61. The highest BCUT2D eigenvalue weighted by atomic mass is 16.6. The minimum Gasteiger partial charge on any atom is -0.461 e. The molecule has 0 fully saturated rings. The predicted molar refractivity (Wildman–Crippen MR) is 105 cm³/mol. The number of ether oxygens (including phenoxy) is 2. The Kier molecular flexibility index (Phi) is 7.59. The van der Waals surface area contributed by atoms with Crippen LogP contribution in [-0.2, 0) is 32.1 Å². The second-order valence-electron chi connectivity index (χ2n) is 7.61. The predicted octanol–water partition coefficient (Wildman–Crippen LogP) is 4.71. The van der Waals surface area contributed by atoms with Crippen LogP contribution in [0.2, 0.25) is 0 Å². The van der Waals surface area contributed by atoms with Crippen molar-refractivity contribution in [2.45, 2.75) is 52.2 Å². The van der Waals surface area contributed by atoms with Crippen LogP contribution in [-0.4, -0.2) is 17.5 Å². The average Bonchev–Trinajstić information content (AvgIpc) is 2.63. The quantitative estimate of drug-likeness (QED) is 0.633. The maximum absolute atomic E-state index is 12.6. The zero-order chi connectivity index (χ0) is 19.7. The van der Waals surface area contributed by atoms with Gasteiger partial charge < -0.3 is 9.47 Å². The summed E-state index contributed by atoms with van der Waals surface area (Å²) in [5.74, 6) is -1.26. The molecule has 4 heteroatoms. The Morgan fingerprint density at radius 2 is 1.44 bits per heavy atom. The fraction of sp³-hybridized carbons (Fsp3) is 0.391. The Hall–Kier alpha value is -2.62. The van der Waals surface area contributed by atoms with Crippen molar-refractivity contribution >= 4 is 11.9 Å². The molecule has 0 bridgehead atoms. The van der Waals surface area contributed by atoms with Gasteiger partial charge in [0.1, 0.15) is 12.2 Å². The molecule has 144 valence electrons. The highest BCUT2D eigenvalue weighted by Crippen LogP contribution is 2.19. The van der Waals surface area contributed by atoms with Gasteiger partial charge in [0.25, 0.3) is 0 Å². The average molecular weight is 368 g/mol. The van der Waals surface area contributed by atoms with Crippen LogP contribution in [0.25, 0.3) is 0 Å². The SMILES string of the molecule is CC(C)(C)OC(=O)CC(CCc1ccccc1)C(=O)OCc1ccccc1. The van der Waals surface area contributed by atoms with E-state index in [4.69, 9.17) is 9.47 Å². The van der Waals surface area contributed by atoms with Gasteiger partial charge in [0, 0.05) is 0 Å². The molecule has 0 saturated carbocycles. The zero-order valence-electron chi connectivity index (χ0n) is 16.3. The van der Waals surface area contributed by atoms with Crippen LogP contribution in [0.3, 0.4) is 0 Å². The molecule has 27 heavy (non-hydrogen) atoms. The maximum Gasteiger partial charge on any atom is 0.309 e. The summed E-state index contributed by atoms with van der Waals surface area (Å²) >= 11 is 0. The highest BCUT2D eigenvalue weighted by Gasteiger charge is 2.26. The summed E-state index contributed by atoms with van der Waals surface area (Å²) < 4.78 is 10.8. The molecule has 4 nitrogen and oxygen atoms in total. The van der Waals surface area contributed by atoms with Crippen LogP contribution in [0.4, 0.5) is 0 Å². The normalized spacial score (nSPS) is 12.3. The van der Waals surface area contributed by atoms with Crippen LogP contribution in [0.1, 0.15) is 44.7 Å². The molecular formula is C23H28O4. The molecule has 1 atom stereocenters. The Labute approximate surface area is 161 Å². The fourth-order valence-electron chi connectivity index (χ4n) is 2.72. The van der Waals surface area contributed by atoms with Crippen molar-refractivity contribution in [3.05, 3.63) is 71.8 Å². The van der Waals surface area contributed by atoms with Crippen LogP contribution >= 0.6 is 0 Å². The third kappa shape index (κ3) is 8.07. The van der Waals surface area contributed by atoms with Gasteiger partial charge in [0.2, 0.25) is 0 Å². The Balaban J connectivity index is 1.98. The van der Waals surface area contributed by atoms with Gasteiger partial charge in [-0.05, 0) is 44.7 Å². The minimum atomic E-state index is -0.574. The Morgan fingerprint density at radius 1 is 0.889 bits per heavy atom. The van der Waals surface area contributed by atoms with Crippen LogP contribution in [0.15, 0.2) is 60.7 Å². The number of esters is 2. The summed E-state index contributed by atoms with van der Waals surface area (Å²) in [6.45, 7) is 5.66. The van der Waals surface area contributed by atoms with Gasteiger partial charge >= 0.3 is 11.9 Å². The lowest BCUT2D eigenvalue weighted by Crippen LogP contribution is -2.28. The second kappa shape index (κ2) is 9.91. The summed E-state index contributed by atoms with van der Waals surface area (Å²) in [6, 6.07) is 19.4. The first kappa shape index (κ1) is 20.7. The van der Waals surface area contributed by atoms with E-state index in [1.54, 1.807) is 0 Å². The van der Waals surface area contributed by atoms with Crippen LogP contribution < -0.4 is 0 Å². The van der Waals surface area contributed by atoms with Gasteiger partial charge in [-0.3, -0.25) is 9.59 Å². The van der Waals surface area contributed by atoms with E-state index in [9.17, 15) is 9.59 Å². The maximum atomic E-state index is 12.6. The van der Waals surface area contributed by atoms with E-state index in [1.165, 1.54) is 0 Å². The number of aryl methyl sites for hydroxylation is 1. The third-order valence-corrected chi connectivity index (χ3v) is 4.01. The summed E-state index contributed by atoms with van der Waals surface area (Å²) in [5, 5.41) is 0. The molecule has 0 aliphatic heterocycles. The lowest BCUT2D eigenvalue weighted by molar-refractivity contribution is -0.162. The number of hydrogen-bond acceptors (Lipinski definition) is 4. The lowest BCUT2D eigenvalue weighted by Gasteiger charge is -2.22. The largest absolute Gasteiger partial charge is 0.461 e. The molecule has 2 aromatic rings. The molecule has 0 N–H and O–H groups in total. The van der Waals surface area contributed by atoms with E-state index >= 15 is 0 Å². The molecule has 2 aromatic carbocycles. The summed E-state index contributed by atoms with van der Waals surface area (Å²) in [4.78, 5) is 24.8. The summed E-state index contributed by atoms with van der Waals surface area (Å²) in [7, 11) is 0. The Bertz CT molecular complexity index is 717. The summed E-state index contributed by atoms with van der Waals surface area (Å²) in [6.07, 6.45) is 1.27. The number of rotatable bonds is 8. The van der Waals surface area contributed by atoms with Crippen molar-refractivity contribution in [3.8, 4) is 0 Å². The van der Waals surface area contributed by atoms with E-state index in [0.29, 0.717) is 12.8 Å². The van der Waals surface area contributed by atoms with Crippen LogP contribution in [0.5, 0.6) is 0 Å². The molecule has 1 unspecified atom stereocenters. The Morgan fingerprint density at radius 3 is 2.00 bits per heavy atom. The molecular weight excluding hydrogens is 340 g/mol. The van der Waals surface area contributed by atoms with E-state index < -0.39 is 11.5 Å². The van der Waals surface area contributed by atoms with Gasteiger partial charge in [-0.1, -0.05) is 60.7 Å². The van der Waals surface area contributed by atoms with E-state index in [1.807, 2.05) is 81.4 Å². The number of carbonyl (C=O) groups is 2. The van der Waals surface area contributed by atoms with Crippen molar-refractivity contribution in [2.75, 3.05) is 0 Å². The zero-order valence-corrected chi connectivity index (χ0v) is 16.3. The van der Waals surface area contributed by atoms with Crippen molar-refractivity contribution in [1.29, 1.82) is 0 Å². The topological polar surface area (TPSA) is 52.6 Å². The standard InChI is InChI=1S/C23H28O4/c1-23(2,3)27-21(24)16-20(15-14-18-10-6-4-7-11-18)22(25)26-17-19-12-8-5-9-13-19/h4-13,20H,14-17H2,1-3H3. The van der Waals surface area contributed by atoms with Crippen molar-refractivity contribution in [2.24, 2.45) is 5.92 Å². The van der Waals surface area contributed by atoms with E-state index in [2.05, 4.69) is 0 Å². The van der Waals surface area contributed by atoms with Crippen molar-refractivity contribution < 1.29 is 19.1 Å². The smallest absolute Gasteiger partial charge is 0.309 e. The highest BCUT2D eigenvalue weighted by molar-refractivity contribution is 5.80. The van der Waals surface area contributed by atoms with Gasteiger partial charge in [0.15, 0.2) is 0 Å². The van der Waals surface area contributed by atoms with Crippen LogP contribution in [0, 0.1) is 5.92 Å².